The first-order valence-corrected chi connectivity index (χ1v) is 10.1. The summed E-state index contributed by atoms with van der Waals surface area (Å²) in [6.45, 7) is 3.55. The average Bonchev–Trinajstić information content (AvgIpc) is 2.99. The molecule has 0 bridgehead atoms. The van der Waals surface area contributed by atoms with Crippen LogP contribution in [0.1, 0.15) is 38.2 Å². The molecule has 3 rings (SSSR count). The highest BCUT2D eigenvalue weighted by atomic mass is 32.2. The molecule has 1 aliphatic heterocycles. The first-order chi connectivity index (χ1) is 12.8. The van der Waals surface area contributed by atoms with Crippen LogP contribution in [0.4, 0.5) is 4.79 Å². The molecule has 1 heterocycles. The molecule has 1 saturated heterocycles. The fourth-order valence-corrected chi connectivity index (χ4v) is 4.66. The average molecular weight is 386 g/mol. The first kappa shape index (κ1) is 19.6. The van der Waals surface area contributed by atoms with E-state index in [1.54, 1.807) is 0 Å². The van der Waals surface area contributed by atoms with Gasteiger partial charge >= 0.3 is 12.0 Å². The molecule has 5 nitrogen and oxygen atoms in total. The van der Waals surface area contributed by atoms with E-state index in [9.17, 15) is 19.5 Å². The van der Waals surface area contributed by atoms with Gasteiger partial charge in [-0.3, -0.25) is 4.79 Å². The Morgan fingerprint density at radius 2 is 1.85 bits per heavy atom. The van der Waals surface area contributed by atoms with Crippen LogP contribution in [0.15, 0.2) is 42.5 Å². The van der Waals surface area contributed by atoms with Gasteiger partial charge in [-0.25, -0.2) is 4.79 Å². The molecular weight excluding hydrogens is 362 g/mol. The first-order valence-electron chi connectivity index (χ1n) is 9.11. The summed E-state index contributed by atoms with van der Waals surface area (Å²) in [5.74, 6) is 0.0339. The quantitative estimate of drug-likeness (QED) is 0.788. The number of likely N-dealkylation sites (tertiary alicyclic amines) is 1. The summed E-state index contributed by atoms with van der Waals surface area (Å²) in [5, 5.41) is 12.1. The van der Waals surface area contributed by atoms with Crippen molar-refractivity contribution in [1.29, 1.82) is 0 Å². The van der Waals surface area contributed by atoms with Gasteiger partial charge in [0.15, 0.2) is 5.12 Å². The largest absolute Gasteiger partial charge is 0.521 e. The Bertz CT molecular complexity index is 897. The molecule has 2 unspecified atom stereocenters. The van der Waals surface area contributed by atoms with Crippen LogP contribution in [0, 0.1) is 0 Å². The Hall–Kier alpha value is -2.18. The zero-order valence-electron chi connectivity index (χ0n) is 15.6. The lowest BCUT2D eigenvalue weighted by Crippen LogP contribution is -2.58. The van der Waals surface area contributed by atoms with Gasteiger partial charge in [-0.15, -0.1) is 0 Å². The summed E-state index contributed by atoms with van der Waals surface area (Å²) in [4.78, 5) is 36.1. The maximum atomic E-state index is 12.9. The molecule has 1 aliphatic rings. The van der Waals surface area contributed by atoms with Crippen molar-refractivity contribution in [3.63, 3.8) is 0 Å². The van der Waals surface area contributed by atoms with Crippen LogP contribution in [-0.2, 0) is 9.59 Å². The van der Waals surface area contributed by atoms with E-state index in [1.807, 2.05) is 37.3 Å². The topological polar surface area (TPSA) is 71.4 Å². The van der Waals surface area contributed by atoms with Crippen molar-refractivity contribution in [1.82, 2.24) is 0 Å². The molecule has 0 radical (unpaired) electrons. The molecule has 0 spiro atoms. The normalized spacial score (nSPS) is 24.8. The lowest BCUT2D eigenvalue weighted by Gasteiger charge is -2.29. The SMILES string of the molecule is CC(=O)SCCC(=O)[N+]1(C(=O)O)C[C@@H](c2ccc3ccccc3c2)CC1C. The number of nitrogens with zero attached hydrogens (tertiary/aromatic N) is 1. The van der Waals surface area contributed by atoms with E-state index in [4.69, 9.17) is 0 Å². The minimum Gasteiger partial charge on any atom is -0.435 e. The second-order valence-corrected chi connectivity index (χ2v) is 8.48. The minimum absolute atomic E-state index is 0.0186. The van der Waals surface area contributed by atoms with Crippen LogP contribution in [-0.4, -0.2) is 45.0 Å². The standard InChI is InChI=1S/C21H23NO4S/c1-14-11-19(18-8-7-16-5-3-4-6-17(16)12-18)13-22(14,21(25)26)20(24)9-10-27-15(2)23/h3-8,12,14,19H,9-11,13H2,1-2H3/p+1/t14?,19-,22?/m0/s1. The predicted octanol–water partition coefficient (Wildman–Crippen LogP) is 4.41. The van der Waals surface area contributed by atoms with E-state index in [-0.39, 0.29) is 35.9 Å². The molecule has 2 aromatic rings. The van der Waals surface area contributed by atoms with Crippen molar-refractivity contribution < 1.29 is 24.0 Å². The Labute approximate surface area is 162 Å². The molecule has 0 aliphatic carbocycles. The fourth-order valence-electron chi connectivity index (χ4n) is 4.10. The predicted molar refractivity (Wildman–Crippen MR) is 107 cm³/mol. The Kier molecular flexibility index (Phi) is 5.67. The number of quaternary nitrogens is 1. The van der Waals surface area contributed by atoms with Gasteiger partial charge in [0.2, 0.25) is 0 Å². The van der Waals surface area contributed by atoms with Gasteiger partial charge in [0.05, 0.1) is 6.42 Å². The van der Waals surface area contributed by atoms with E-state index in [0.717, 1.165) is 28.1 Å². The number of hydrogen-bond acceptors (Lipinski definition) is 4. The third-order valence-electron chi connectivity index (χ3n) is 5.54. The van der Waals surface area contributed by atoms with E-state index in [1.165, 1.54) is 6.92 Å². The number of carboxylic acid groups (broad SMARTS) is 1. The van der Waals surface area contributed by atoms with E-state index in [2.05, 4.69) is 12.1 Å². The Morgan fingerprint density at radius 3 is 2.52 bits per heavy atom. The van der Waals surface area contributed by atoms with Gasteiger partial charge in [0.25, 0.3) is 0 Å². The van der Waals surface area contributed by atoms with E-state index >= 15 is 0 Å². The van der Waals surface area contributed by atoms with E-state index < -0.39 is 10.6 Å². The summed E-state index contributed by atoms with van der Waals surface area (Å²) in [7, 11) is 0. The number of imide groups is 1. The summed E-state index contributed by atoms with van der Waals surface area (Å²) >= 11 is 1.07. The number of amides is 2. The van der Waals surface area contributed by atoms with Crippen LogP contribution in [0.25, 0.3) is 10.8 Å². The summed E-state index contributed by atoms with van der Waals surface area (Å²) in [6.07, 6.45) is -0.356. The molecule has 2 amide bonds. The molecule has 27 heavy (non-hydrogen) atoms. The monoisotopic (exact) mass is 386 g/mol. The number of carbonyl (C=O) groups excluding carboxylic acids is 2. The number of benzene rings is 2. The highest BCUT2D eigenvalue weighted by molar-refractivity contribution is 8.13. The van der Waals surface area contributed by atoms with Gasteiger partial charge in [-0.05, 0) is 23.3 Å². The van der Waals surface area contributed by atoms with Crippen molar-refractivity contribution in [3.8, 4) is 0 Å². The zero-order valence-corrected chi connectivity index (χ0v) is 16.4. The maximum absolute atomic E-state index is 12.9. The van der Waals surface area contributed by atoms with Gasteiger partial charge in [-0.2, -0.15) is 9.28 Å². The summed E-state index contributed by atoms with van der Waals surface area (Å²) in [6, 6.07) is 14.0. The molecule has 1 N–H and O–H groups in total. The smallest absolute Gasteiger partial charge is 0.435 e. The van der Waals surface area contributed by atoms with Gasteiger partial charge < -0.3 is 5.11 Å². The van der Waals surface area contributed by atoms with Crippen molar-refractivity contribution in [2.45, 2.75) is 38.6 Å². The second-order valence-electron chi connectivity index (χ2n) is 7.21. The number of rotatable bonds is 4. The van der Waals surface area contributed by atoms with Crippen molar-refractivity contribution in [2.24, 2.45) is 0 Å². The van der Waals surface area contributed by atoms with Gasteiger partial charge in [0, 0.05) is 25.0 Å². The molecule has 3 atom stereocenters. The number of carbonyl (C=O) groups is 3. The lowest BCUT2D eigenvalue weighted by atomic mass is 9.94. The van der Waals surface area contributed by atoms with Crippen molar-refractivity contribution in [3.05, 3.63) is 48.0 Å². The highest BCUT2D eigenvalue weighted by Crippen LogP contribution is 2.39. The van der Waals surface area contributed by atoms with Crippen LogP contribution in [0.5, 0.6) is 0 Å². The molecular formula is C21H24NO4S+. The fraction of sp³-hybridized carbons (Fsp3) is 0.381. The third-order valence-corrected chi connectivity index (χ3v) is 6.35. The van der Waals surface area contributed by atoms with Crippen LogP contribution >= 0.6 is 11.8 Å². The van der Waals surface area contributed by atoms with Crippen LogP contribution < -0.4 is 0 Å². The highest BCUT2D eigenvalue weighted by Gasteiger charge is 2.56. The second kappa shape index (κ2) is 7.82. The number of fused-ring (bicyclic) bond motifs is 1. The zero-order chi connectivity index (χ0) is 19.6. The molecule has 6 heteroatoms. The van der Waals surface area contributed by atoms with Crippen molar-refractivity contribution >= 4 is 39.7 Å². The van der Waals surface area contributed by atoms with Crippen molar-refractivity contribution in [2.75, 3.05) is 12.3 Å². The molecule has 2 aromatic carbocycles. The van der Waals surface area contributed by atoms with Gasteiger partial charge in [-0.1, -0.05) is 54.2 Å². The molecule has 0 aromatic heterocycles. The lowest BCUT2D eigenvalue weighted by molar-refractivity contribution is -0.793. The number of hydrogen-bond donors (Lipinski definition) is 1. The summed E-state index contributed by atoms with van der Waals surface area (Å²) < 4.78 is -0.546. The molecule has 1 fully saturated rings. The van der Waals surface area contributed by atoms with Crippen LogP contribution in [0.3, 0.4) is 0 Å². The minimum atomic E-state index is -1.09. The Morgan fingerprint density at radius 1 is 1.15 bits per heavy atom. The molecule has 0 saturated carbocycles. The number of thioether (sulfide) groups is 1. The summed E-state index contributed by atoms with van der Waals surface area (Å²) in [5.41, 5.74) is 1.08. The Balaban J connectivity index is 1.85. The maximum Gasteiger partial charge on any atom is 0.521 e. The van der Waals surface area contributed by atoms with Crippen LogP contribution in [0.2, 0.25) is 0 Å². The third kappa shape index (κ3) is 3.77. The molecule has 142 valence electrons. The van der Waals surface area contributed by atoms with E-state index in [0.29, 0.717) is 12.2 Å². The van der Waals surface area contributed by atoms with Gasteiger partial charge in [0.1, 0.15) is 12.6 Å².